The average Bonchev–Trinajstić information content (AvgIpc) is 3.08. The first-order valence-electron chi connectivity index (χ1n) is 8.28. The molecule has 2 aliphatic heterocycles. The average molecular weight is 283 g/mol. The van der Waals surface area contributed by atoms with Crippen molar-refractivity contribution < 1.29 is 4.74 Å². The van der Waals surface area contributed by atoms with Gasteiger partial charge in [0.25, 0.3) is 0 Å². The molecule has 3 atom stereocenters. The lowest BCUT2D eigenvalue weighted by Crippen LogP contribution is -2.49. The first kappa shape index (κ1) is 14.2. The van der Waals surface area contributed by atoms with Crippen molar-refractivity contribution in [2.24, 2.45) is 11.8 Å². The minimum absolute atomic E-state index is 0.280. The predicted molar refractivity (Wildman–Crippen MR) is 82.8 cm³/mol. The topological polar surface area (TPSA) is 21.3 Å². The molecule has 2 saturated heterocycles. The third kappa shape index (κ3) is 3.14. The van der Waals surface area contributed by atoms with Gasteiger partial charge in [0.15, 0.2) is 0 Å². The van der Waals surface area contributed by atoms with E-state index in [2.05, 4.69) is 24.0 Å². The zero-order valence-corrected chi connectivity index (χ0v) is 13.1. The third-order valence-corrected chi connectivity index (χ3v) is 6.65. The molecule has 1 saturated carbocycles. The van der Waals surface area contributed by atoms with E-state index in [1.165, 1.54) is 56.5 Å². The maximum atomic E-state index is 6.21. The summed E-state index contributed by atoms with van der Waals surface area (Å²) in [7, 11) is 0. The molecule has 1 spiro atoms. The summed E-state index contributed by atoms with van der Waals surface area (Å²) in [6, 6.07) is 0.751. The number of rotatable bonds is 4. The lowest BCUT2D eigenvalue weighted by Gasteiger charge is -2.43. The van der Waals surface area contributed by atoms with Crippen molar-refractivity contribution in [3.8, 4) is 0 Å². The summed E-state index contributed by atoms with van der Waals surface area (Å²) in [5.74, 6) is 4.52. The van der Waals surface area contributed by atoms with Gasteiger partial charge in [-0.2, -0.15) is 11.8 Å². The lowest BCUT2D eigenvalue weighted by molar-refractivity contribution is -0.100. The molecule has 3 heteroatoms. The Labute approximate surface area is 122 Å². The predicted octanol–water partition coefficient (Wildman–Crippen LogP) is 3.46. The Balaban J connectivity index is 1.66. The summed E-state index contributed by atoms with van der Waals surface area (Å²) in [6.45, 7) is 4.39. The van der Waals surface area contributed by atoms with Crippen LogP contribution in [0.5, 0.6) is 0 Å². The minimum Gasteiger partial charge on any atom is -0.375 e. The summed E-state index contributed by atoms with van der Waals surface area (Å²) in [4.78, 5) is 0. The summed E-state index contributed by atoms with van der Waals surface area (Å²) in [5, 5.41) is 3.83. The van der Waals surface area contributed by atoms with Gasteiger partial charge in [-0.1, -0.05) is 19.8 Å². The standard InChI is InChI=1S/C16H29NOS/c1-2-17-15(14-6-10-19-12-14)13-5-9-18-16(11-13)7-3-4-8-16/h13-15,17H,2-12H2,1H3. The normalized spacial score (nSPS) is 35.8. The van der Waals surface area contributed by atoms with Gasteiger partial charge >= 0.3 is 0 Å². The van der Waals surface area contributed by atoms with Crippen LogP contribution in [0.2, 0.25) is 0 Å². The van der Waals surface area contributed by atoms with Gasteiger partial charge in [0.05, 0.1) is 5.60 Å². The van der Waals surface area contributed by atoms with E-state index in [1.54, 1.807) is 0 Å². The molecule has 3 unspecified atom stereocenters. The molecule has 3 aliphatic rings. The van der Waals surface area contributed by atoms with E-state index in [0.29, 0.717) is 0 Å². The molecule has 0 aromatic carbocycles. The van der Waals surface area contributed by atoms with Gasteiger partial charge in [-0.15, -0.1) is 0 Å². The zero-order valence-electron chi connectivity index (χ0n) is 12.3. The molecular formula is C16H29NOS. The molecule has 1 aliphatic carbocycles. The van der Waals surface area contributed by atoms with Crippen LogP contribution in [0, 0.1) is 11.8 Å². The first-order valence-corrected chi connectivity index (χ1v) is 9.43. The van der Waals surface area contributed by atoms with E-state index in [1.807, 2.05) is 0 Å². The minimum atomic E-state index is 0.280. The molecule has 19 heavy (non-hydrogen) atoms. The van der Waals surface area contributed by atoms with Crippen molar-refractivity contribution in [2.75, 3.05) is 24.7 Å². The van der Waals surface area contributed by atoms with Crippen LogP contribution in [0.15, 0.2) is 0 Å². The summed E-state index contributed by atoms with van der Waals surface area (Å²) in [6.07, 6.45) is 9.44. The van der Waals surface area contributed by atoms with Crippen molar-refractivity contribution in [1.82, 2.24) is 5.32 Å². The number of nitrogens with one attached hydrogen (secondary N) is 1. The van der Waals surface area contributed by atoms with Crippen molar-refractivity contribution in [1.29, 1.82) is 0 Å². The SMILES string of the molecule is CCNC(C1CCSC1)C1CCOC2(CCCC2)C1. The monoisotopic (exact) mass is 283 g/mol. The zero-order chi connectivity index (χ0) is 13.1. The Kier molecular flexibility index (Phi) is 4.76. The van der Waals surface area contributed by atoms with Crippen LogP contribution in [-0.2, 0) is 4.74 Å². The van der Waals surface area contributed by atoms with E-state index in [4.69, 9.17) is 4.74 Å². The van der Waals surface area contributed by atoms with Crippen molar-refractivity contribution >= 4 is 11.8 Å². The molecule has 1 N–H and O–H groups in total. The Morgan fingerprint density at radius 2 is 2.11 bits per heavy atom. The molecule has 3 fully saturated rings. The Bertz CT molecular complexity index is 284. The van der Waals surface area contributed by atoms with Crippen LogP contribution in [0.3, 0.4) is 0 Å². The van der Waals surface area contributed by atoms with E-state index >= 15 is 0 Å². The summed E-state index contributed by atoms with van der Waals surface area (Å²) < 4.78 is 6.21. The van der Waals surface area contributed by atoms with Crippen LogP contribution in [0.1, 0.15) is 51.9 Å². The Morgan fingerprint density at radius 1 is 1.26 bits per heavy atom. The molecule has 0 aromatic rings. The molecule has 0 amide bonds. The summed E-state index contributed by atoms with van der Waals surface area (Å²) >= 11 is 2.15. The molecule has 3 rings (SSSR count). The highest BCUT2D eigenvalue weighted by Gasteiger charge is 2.43. The van der Waals surface area contributed by atoms with E-state index < -0.39 is 0 Å². The highest BCUT2D eigenvalue weighted by molar-refractivity contribution is 7.99. The second-order valence-electron chi connectivity index (χ2n) is 6.70. The van der Waals surface area contributed by atoms with Crippen molar-refractivity contribution in [3.05, 3.63) is 0 Å². The van der Waals surface area contributed by atoms with Crippen LogP contribution in [-0.4, -0.2) is 36.3 Å². The van der Waals surface area contributed by atoms with Crippen molar-refractivity contribution in [2.45, 2.75) is 63.5 Å². The molecule has 2 nitrogen and oxygen atoms in total. The van der Waals surface area contributed by atoms with Gasteiger partial charge in [0.1, 0.15) is 0 Å². The number of thioether (sulfide) groups is 1. The van der Waals surface area contributed by atoms with E-state index in [-0.39, 0.29) is 5.60 Å². The van der Waals surface area contributed by atoms with Gasteiger partial charge in [0.2, 0.25) is 0 Å². The van der Waals surface area contributed by atoms with Crippen molar-refractivity contribution in [3.63, 3.8) is 0 Å². The van der Waals surface area contributed by atoms with Gasteiger partial charge in [0, 0.05) is 12.6 Å². The summed E-state index contributed by atoms with van der Waals surface area (Å²) in [5.41, 5.74) is 0.280. The number of hydrogen-bond acceptors (Lipinski definition) is 3. The van der Waals surface area contributed by atoms with Crippen LogP contribution in [0.4, 0.5) is 0 Å². The fourth-order valence-corrected chi connectivity index (χ4v) is 5.84. The highest BCUT2D eigenvalue weighted by Crippen LogP contribution is 2.44. The van der Waals surface area contributed by atoms with Gasteiger partial charge in [-0.05, 0) is 62.0 Å². The lowest BCUT2D eigenvalue weighted by atomic mass is 9.76. The van der Waals surface area contributed by atoms with E-state index in [9.17, 15) is 0 Å². The molecular weight excluding hydrogens is 254 g/mol. The molecule has 0 radical (unpaired) electrons. The maximum Gasteiger partial charge on any atom is 0.0685 e. The van der Waals surface area contributed by atoms with Crippen LogP contribution < -0.4 is 5.32 Å². The van der Waals surface area contributed by atoms with Gasteiger partial charge < -0.3 is 10.1 Å². The molecule has 0 bridgehead atoms. The fraction of sp³-hybridized carbons (Fsp3) is 1.00. The fourth-order valence-electron chi connectivity index (χ4n) is 4.53. The van der Waals surface area contributed by atoms with Gasteiger partial charge in [-0.25, -0.2) is 0 Å². The Morgan fingerprint density at radius 3 is 2.79 bits per heavy atom. The second kappa shape index (κ2) is 6.36. The first-order chi connectivity index (χ1) is 9.33. The van der Waals surface area contributed by atoms with Crippen LogP contribution in [0.25, 0.3) is 0 Å². The van der Waals surface area contributed by atoms with Gasteiger partial charge in [-0.3, -0.25) is 0 Å². The smallest absolute Gasteiger partial charge is 0.0685 e. The highest BCUT2D eigenvalue weighted by atomic mass is 32.2. The van der Waals surface area contributed by atoms with Crippen LogP contribution >= 0.6 is 11.8 Å². The third-order valence-electron chi connectivity index (χ3n) is 5.47. The second-order valence-corrected chi connectivity index (χ2v) is 7.85. The largest absolute Gasteiger partial charge is 0.375 e. The van der Waals surface area contributed by atoms with E-state index in [0.717, 1.165) is 31.0 Å². The number of ether oxygens (including phenoxy) is 1. The Hall–Kier alpha value is 0.270. The molecule has 110 valence electrons. The number of hydrogen-bond donors (Lipinski definition) is 1. The quantitative estimate of drug-likeness (QED) is 0.854. The maximum absolute atomic E-state index is 6.21. The molecule has 0 aromatic heterocycles. The molecule has 2 heterocycles.